The fourth-order valence-electron chi connectivity index (χ4n) is 5.02. The number of anilines is 1. The Bertz CT molecular complexity index is 1390. The molecule has 0 unspecified atom stereocenters. The first kappa shape index (κ1) is 28.8. The molecule has 1 heterocycles. The van der Waals surface area contributed by atoms with Gasteiger partial charge < -0.3 is 26.6 Å². The summed E-state index contributed by atoms with van der Waals surface area (Å²) in [5, 5.41) is 8.51. The summed E-state index contributed by atoms with van der Waals surface area (Å²) >= 11 is 0. The molecule has 0 saturated heterocycles. The molecule has 1 aliphatic rings. The first-order valence-electron chi connectivity index (χ1n) is 13.6. The van der Waals surface area contributed by atoms with Crippen molar-refractivity contribution < 1.29 is 14.4 Å². The summed E-state index contributed by atoms with van der Waals surface area (Å²) < 4.78 is 0. The Hall–Kier alpha value is -4.17. The van der Waals surface area contributed by atoms with Gasteiger partial charge in [0, 0.05) is 12.7 Å². The van der Waals surface area contributed by atoms with Gasteiger partial charge in [-0.3, -0.25) is 9.59 Å². The molecule has 0 radical (unpaired) electrons. The first-order chi connectivity index (χ1) is 18.9. The highest BCUT2D eigenvalue weighted by atomic mass is 16.2. The summed E-state index contributed by atoms with van der Waals surface area (Å²) in [6.45, 7) is 7.56. The number of rotatable bonds is 7. The largest absolute Gasteiger partial charge is 0.343 e. The number of carbonyl (C=O) groups excluding carboxylic acids is 3. The molecule has 0 aliphatic carbocycles. The molecular formula is C32H39N5O3. The number of amides is 4. The van der Waals surface area contributed by atoms with E-state index in [0.717, 1.165) is 33.5 Å². The number of nitrogens with two attached hydrogens (primary N) is 1. The van der Waals surface area contributed by atoms with Gasteiger partial charge in [-0.2, -0.15) is 0 Å². The standard InChI is InChI=1S/C32H39N5O3/c1-31(2,33)29(39)35-26-19-18-23-10-6-9-13-27(23)37(28(26)38)20-21-14-16-22(17-15-21)24-11-7-8-12-25(24)32(3,4)36-30(40)34-5/h6-17,26H,18-20,33H2,1-5H3,(H,35,39)(H2,34,36,40)/t26-/m1/s1. The van der Waals surface area contributed by atoms with Crippen LogP contribution < -0.4 is 26.6 Å². The van der Waals surface area contributed by atoms with Crippen LogP contribution >= 0.6 is 0 Å². The van der Waals surface area contributed by atoms with E-state index in [1.54, 1.807) is 25.8 Å². The monoisotopic (exact) mass is 541 g/mol. The lowest BCUT2D eigenvalue weighted by atomic mass is 9.87. The van der Waals surface area contributed by atoms with Gasteiger partial charge in [-0.15, -0.1) is 0 Å². The van der Waals surface area contributed by atoms with Crippen LogP contribution in [0.2, 0.25) is 0 Å². The van der Waals surface area contributed by atoms with E-state index in [0.29, 0.717) is 19.4 Å². The number of fused-ring (bicyclic) bond motifs is 1. The second-order valence-electron chi connectivity index (χ2n) is 11.4. The molecule has 40 heavy (non-hydrogen) atoms. The van der Waals surface area contributed by atoms with E-state index in [9.17, 15) is 14.4 Å². The van der Waals surface area contributed by atoms with Gasteiger partial charge in [0.05, 0.1) is 17.6 Å². The number of para-hydroxylation sites is 1. The molecule has 0 fully saturated rings. The van der Waals surface area contributed by atoms with Gasteiger partial charge in [0.2, 0.25) is 11.8 Å². The fourth-order valence-corrected chi connectivity index (χ4v) is 5.02. The van der Waals surface area contributed by atoms with E-state index < -0.39 is 17.1 Å². The minimum absolute atomic E-state index is 0.154. The molecule has 3 aromatic carbocycles. The van der Waals surface area contributed by atoms with Crippen LogP contribution in [0.3, 0.4) is 0 Å². The van der Waals surface area contributed by atoms with Gasteiger partial charge >= 0.3 is 6.03 Å². The summed E-state index contributed by atoms with van der Waals surface area (Å²) in [7, 11) is 1.60. The summed E-state index contributed by atoms with van der Waals surface area (Å²) in [5.74, 6) is -0.507. The summed E-state index contributed by atoms with van der Waals surface area (Å²) in [5.41, 5.74) is 10.2. The van der Waals surface area contributed by atoms with E-state index in [4.69, 9.17) is 5.73 Å². The van der Waals surface area contributed by atoms with Crippen molar-refractivity contribution >= 4 is 23.5 Å². The van der Waals surface area contributed by atoms with Gasteiger partial charge in [0.25, 0.3) is 0 Å². The lowest BCUT2D eigenvalue weighted by Gasteiger charge is -2.29. The van der Waals surface area contributed by atoms with Crippen molar-refractivity contribution in [2.24, 2.45) is 5.73 Å². The fraction of sp³-hybridized carbons (Fsp3) is 0.344. The van der Waals surface area contributed by atoms with Gasteiger partial charge in [-0.25, -0.2) is 4.79 Å². The molecule has 4 rings (SSSR count). The van der Waals surface area contributed by atoms with Crippen molar-refractivity contribution in [3.63, 3.8) is 0 Å². The molecule has 0 saturated carbocycles. The van der Waals surface area contributed by atoms with Crippen molar-refractivity contribution in [2.75, 3.05) is 11.9 Å². The highest BCUT2D eigenvalue weighted by Gasteiger charge is 2.34. The van der Waals surface area contributed by atoms with Crippen LogP contribution in [0.15, 0.2) is 72.8 Å². The Morgan fingerprint density at radius 3 is 2.27 bits per heavy atom. The third-order valence-electron chi connectivity index (χ3n) is 7.30. The predicted octanol–water partition coefficient (Wildman–Crippen LogP) is 4.22. The molecule has 0 bridgehead atoms. The molecule has 1 atom stereocenters. The van der Waals surface area contributed by atoms with Crippen LogP contribution in [0.25, 0.3) is 11.1 Å². The summed E-state index contributed by atoms with van der Waals surface area (Å²) in [6, 6.07) is 23.1. The molecule has 3 aromatic rings. The number of hydrogen-bond acceptors (Lipinski definition) is 4. The van der Waals surface area contributed by atoms with Crippen molar-refractivity contribution in [3.05, 3.63) is 89.5 Å². The van der Waals surface area contributed by atoms with Gasteiger partial charge in [-0.05, 0) is 74.4 Å². The number of nitrogens with one attached hydrogen (secondary N) is 3. The SMILES string of the molecule is CNC(=O)NC(C)(C)c1ccccc1-c1ccc(CN2C(=O)[C@H](NC(=O)C(C)(C)N)CCc3ccccc32)cc1. The van der Waals surface area contributed by atoms with Gasteiger partial charge in [0.1, 0.15) is 6.04 Å². The molecular weight excluding hydrogens is 502 g/mol. The molecule has 8 heteroatoms. The Balaban J connectivity index is 1.62. The topological polar surface area (TPSA) is 117 Å². The van der Waals surface area contributed by atoms with Crippen LogP contribution in [-0.2, 0) is 28.1 Å². The molecule has 8 nitrogen and oxygen atoms in total. The van der Waals surface area contributed by atoms with Crippen molar-refractivity contribution in [3.8, 4) is 11.1 Å². The number of urea groups is 1. The zero-order chi connectivity index (χ0) is 29.1. The predicted molar refractivity (Wildman–Crippen MR) is 159 cm³/mol. The lowest BCUT2D eigenvalue weighted by Crippen LogP contribution is -2.56. The van der Waals surface area contributed by atoms with Crippen molar-refractivity contribution in [1.82, 2.24) is 16.0 Å². The number of benzene rings is 3. The van der Waals surface area contributed by atoms with E-state index in [-0.39, 0.29) is 17.8 Å². The second-order valence-corrected chi connectivity index (χ2v) is 11.4. The van der Waals surface area contributed by atoms with Gasteiger partial charge in [0.15, 0.2) is 0 Å². The molecule has 1 aliphatic heterocycles. The third kappa shape index (κ3) is 6.34. The van der Waals surface area contributed by atoms with Crippen LogP contribution in [0, 0.1) is 0 Å². The molecule has 0 spiro atoms. The highest BCUT2D eigenvalue weighted by Crippen LogP contribution is 2.33. The van der Waals surface area contributed by atoms with Crippen LogP contribution in [-0.4, -0.2) is 36.5 Å². The van der Waals surface area contributed by atoms with Crippen LogP contribution in [0.1, 0.15) is 50.8 Å². The Labute approximate surface area is 236 Å². The normalized spacial score (nSPS) is 15.6. The minimum atomic E-state index is -1.08. The number of carbonyl (C=O) groups is 3. The Morgan fingerprint density at radius 2 is 1.60 bits per heavy atom. The van der Waals surface area contributed by atoms with Crippen LogP contribution in [0.5, 0.6) is 0 Å². The van der Waals surface area contributed by atoms with E-state index in [1.165, 1.54) is 0 Å². The van der Waals surface area contributed by atoms with Crippen molar-refractivity contribution in [2.45, 2.75) is 64.2 Å². The number of aryl methyl sites for hydroxylation is 1. The Kier molecular flexibility index (Phi) is 8.30. The van der Waals surface area contributed by atoms with Crippen LogP contribution in [0.4, 0.5) is 10.5 Å². The van der Waals surface area contributed by atoms with Gasteiger partial charge in [-0.1, -0.05) is 66.7 Å². The molecule has 0 aromatic heterocycles. The maximum Gasteiger partial charge on any atom is 0.315 e. The second kappa shape index (κ2) is 11.5. The maximum absolute atomic E-state index is 13.8. The molecule has 5 N–H and O–H groups in total. The average molecular weight is 542 g/mol. The van der Waals surface area contributed by atoms with E-state index >= 15 is 0 Å². The number of nitrogens with zero attached hydrogens (tertiary/aromatic N) is 1. The maximum atomic E-state index is 13.8. The van der Waals surface area contributed by atoms with E-state index in [1.807, 2.05) is 86.6 Å². The lowest BCUT2D eigenvalue weighted by molar-refractivity contribution is -0.130. The molecule has 4 amide bonds. The highest BCUT2D eigenvalue weighted by molar-refractivity contribution is 6.01. The summed E-state index contributed by atoms with van der Waals surface area (Å²) in [4.78, 5) is 40.2. The number of hydrogen-bond donors (Lipinski definition) is 4. The smallest absolute Gasteiger partial charge is 0.315 e. The Morgan fingerprint density at radius 1 is 0.950 bits per heavy atom. The summed E-state index contributed by atoms with van der Waals surface area (Å²) in [6.07, 6.45) is 1.17. The third-order valence-corrected chi connectivity index (χ3v) is 7.30. The zero-order valence-corrected chi connectivity index (χ0v) is 23.9. The molecule has 210 valence electrons. The zero-order valence-electron chi connectivity index (χ0n) is 23.9. The van der Waals surface area contributed by atoms with Crippen molar-refractivity contribution in [1.29, 1.82) is 0 Å². The quantitative estimate of drug-likeness (QED) is 0.358. The minimum Gasteiger partial charge on any atom is -0.343 e. The first-order valence-corrected chi connectivity index (χ1v) is 13.6. The van der Waals surface area contributed by atoms with E-state index in [2.05, 4.69) is 16.0 Å². The average Bonchev–Trinajstić information content (AvgIpc) is 3.05.